The van der Waals surface area contributed by atoms with Crippen LogP contribution >= 0.6 is 15.9 Å². The van der Waals surface area contributed by atoms with E-state index >= 15 is 0 Å². The Labute approximate surface area is 135 Å². The topological polar surface area (TPSA) is 47.1 Å². The van der Waals surface area contributed by atoms with Crippen LogP contribution in [-0.4, -0.2) is 16.8 Å². The molecule has 0 amide bonds. The van der Waals surface area contributed by atoms with E-state index in [1.54, 1.807) is 0 Å². The summed E-state index contributed by atoms with van der Waals surface area (Å²) >= 11 is 3.43. The Morgan fingerprint density at radius 3 is 2.62 bits per heavy atom. The van der Waals surface area contributed by atoms with Crippen LogP contribution in [0.4, 0.5) is 11.4 Å². The monoisotopic (exact) mass is 350 g/mol. The average molecular weight is 351 g/mol. The van der Waals surface area contributed by atoms with Crippen molar-refractivity contribution < 1.29 is 0 Å². The number of anilines is 2. The maximum Gasteiger partial charge on any atom is 0.0817 e. The lowest BCUT2D eigenvalue weighted by molar-refractivity contribution is 0.425. The van der Waals surface area contributed by atoms with Crippen molar-refractivity contribution in [3.63, 3.8) is 0 Å². The van der Waals surface area contributed by atoms with Crippen LogP contribution in [0.1, 0.15) is 38.4 Å². The van der Waals surface area contributed by atoms with Crippen molar-refractivity contribution in [2.24, 2.45) is 0 Å². The molecule has 0 saturated carbocycles. The molecule has 2 N–H and O–H groups in total. The number of benzene rings is 1. The van der Waals surface area contributed by atoms with Crippen molar-refractivity contribution in [3.05, 3.63) is 40.6 Å². The van der Waals surface area contributed by atoms with E-state index in [0.29, 0.717) is 6.04 Å². The lowest BCUT2D eigenvalue weighted by Crippen LogP contribution is -2.18. The summed E-state index contributed by atoms with van der Waals surface area (Å²) in [6.45, 7) is 5.15. The Morgan fingerprint density at radius 1 is 1.29 bits per heavy atom. The van der Waals surface area contributed by atoms with Gasteiger partial charge in [-0.2, -0.15) is 5.10 Å². The Hall–Kier alpha value is -1.49. The number of hydrogen-bond acceptors (Lipinski definition) is 3. The number of halogens is 1. The maximum atomic E-state index is 6.08. The lowest BCUT2D eigenvalue weighted by atomic mass is 10.2. The van der Waals surface area contributed by atoms with Gasteiger partial charge in [-0.15, -0.1) is 0 Å². The van der Waals surface area contributed by atoms with Crippen LogP contribution in [0.2, 0.25) is 0 Å². The molecule has 2 aromatic rings. The van der Waals surface area contributed by atoms with Gasteiger partial charge in [0.25, 0.3) is 0 Å². The quantitative estimate of drug-likeness (QED) is 0.793. The van der Waals surface area contributed by atoms with Crippen molar-refractivity contribution in [2.75, 3.05) is 17.7 Å². The van der Waals surface area contributed by atoms with Gasteiger partial charge in [0.1, 0.15) is 0 Å². The number of aromatic nitrogens is 2. The van der Waals surface area contributed by atoms with Crippen LogP contribution in [0, 0.1) is 0 Å². The van der Waals surface area contributed by atoms with Crippen LogP contribution in [0.15, 0.2) is 34.9 Å². The molecule has 0 bridgehead atoms. The second-order valence-corrected chi connectivity index (χ2v) is 6.23. The van der Waals surface area contributed by atoms with E-state index in [4.69, 9.17) is 5.73 Å². The average Bonchev–Trinajstić information content (AvgIpc) is 2.88. The van der Waals surface area contributed by atoms with E-state index in [0.717, 1.165) is 40.9 Å². The van der Waals surface area contributed by atoms with Gasteiger partial charge >= 0.3 is 0 Å². The number of rotatable bonds is 6. The second kappa shape index (κ2) is 6.98. The predicted molar refractivity (Wildman–Crippen MR) is 92.5 cm³/mol. The number of hydrogen-bond donors (Lipinski definition) is 1. The minimum atomic E-state index is 0.488. The van der Waals surface area contributed by atoms with Crippen molar-refractivity contribution in [1.29, 1.82) is 0 Å². The van der Waals surface area contributed by atoms with Gasteiger partial charge in [0.2, 0.25) is 0 Å². The Kier molecular flexibility index (Phi) is 5.28. The van der Waals surface area contributed by atoms with E-state index in [-0.39, 0.29) is 0 Å². The first kappa shape index (κ1) is 15.9. The van der Waals surface area contributed by atoms with Crippen molar-refractivity contribution >= 4 is 27.3 Å². The minimum Gasteiger partial charge on any atom is -0.397 e. The third kappa shape index (κ3) is 3.79. The van der Waals surface area contributed by atoms with Crippen LogP contribution < -0.4 is 10.6 Å². The number of nitrogen functional groups attached to an aromatic ring is 1. The summed E-state index contributed by atoms with van der Waals surface area (Å²) in [7, 11) is 2.04. The molecule has 0 aliphatic carbocycles. The molecule has 0 atom stereocenters. The molecule has 2 rings (SSSR count). The molecule has 0 radical (unpaired) electrons. The zero-order chi connectivity index (χ0) is 15.4. The number of nitrogens with two attached hydrogens (primary N) is 1. The van der Waals surface area contributed by atoms with Crippen molar-refractivity contribution in [2.45, 2.75) is 39.3 Å². The summed E-state index contributed by atoms with van der Waals surface area (Å²) in [5.41, 5.74) is 8.93. The summed E-state index contributed by atoms with van der Waals surface area (Å²) < 4.78 is 3.07. The summed E-state index contributed by atoms with van der Waals surface area (Å²) in [5, 5.41) is 4.69. The van der Waals surface area contributed by atoms with Crippen molar-refractivity contribution in [3.8, 4) is 0 Å². The molecule has 4 nitrogen and oxygen atoms in total. The molecule has 1 heterocycles. The molecule has 0 fully saturated rings. The number of nitrogens with zero attached hydrogens (tertiary/aromatic N) is 3. The molecule has 0 unspecified atom stereocenters. The van der Waals surface area contributed by atoms with Gasteiger partial charge in [0, 0.05) is 17.7 Å². The maximum absolute atomic E-state index is 6.08. The SMILES string of the molecule is CCC(CC)n1ccc(CN(C)c2ccc(Br)cc2N)n1. The molecular weight excluding hydrogens is 328 g/mol. The molecular formula is C16H23BrN4. The fraction of sp³-hybridized carbons (Fsp3) is 0.438. The molecule has 1 aromatic heterocycles. The van der Waals surface area contributed by atoms with Gasteiger partial charge in [0.15, 0.2) is 0 Å². The van der Waals surface area contributed by atoms with Gasteiger partial charge < -0.3 is 10.6 Å². The van der Waals surface area contributed by atoms with E-state index in [1.807, 2.05) is 25.2 Å². The third-order valence-corrected chi connectivity index (χ3v) is 4.27. The van der Waals surface area contributed by atoms with Crippen LogP contribution in [0.25, 0.3) is 0 Å². The summed E-state index contributed by atoms with van der Waals surface area (Å²) in [6, 6.07) is 8.53. The zero-order valence-electron chi connectivity index (χ0n) is 12.9. The highest BCUT2D eigenvalue weighted by Gasteiger charge is 2.11. The predicted octanol–water partition coefficient (Wildman–Crippen LogP) is 4.23. The minimum absolute atomic E-state index is 0.488. The molecule has 0 aliphatic rings. The third-order valence-electron chi connectivity index (χ3n) is 3.78. The molecule has 1 aromatic carbocycles. The highest BCUT2D eigenvalue weighted by Crippen LogP contribution is 2.27. The fourth-order valence-electron chi connectivity index (χ4n) is 2.53. The first-order valence-electron chi connectivity index (χ1n) is 7.35. The zero-order valence-corrected chi connectivity index (χ0v) is 14.5. The van der Waals surface area contributed by atoms with E-state index in [2.05, 4.69) is 56.7 Å². The van der Waals surface area contributed by atoms with Crippen LogP contribution in [-0.2, 0) is 6.54 Å². The summed E-state index contributed by atoms with van der Waals surface area (Å²) in [4.78, 5) is 2.13. The van der Waals surface area contributed by atoms with Gasteiger partial charge in [-0.25, -0.2) is 0 Å². The molecule has 0 aliphatic heterocycles. The smallest absolute Gasteiger partial charge is 0.0817 e. The first-order chi connectivity index (χ1) is 10.0. The fourth-order valence-corrected chi connectivity index (χ4v) is 2.91. The Morgan fingerprint density at radius 2 is 2.00 bits per heavy atom. The highest BCUT2D eigenvalue weighted by atomic mass is 79.9. The molecule has 0 spiro atoms. The van der Waals surface area contributed by atoms with Gasteiger partial charge in [-0.05, 0) is 37.1 Å². The van der Waals surface area contributed by atoms with Gasteiger partial charge in [-0.3, -0.25) is 4.68 Å². The molecule has 5 heteroatoms. The van der Waals surface area contributed by atoms with E-state index in [9.17, 15) is 0 Å². The molecule has 114 valence electrons. The Bertz CT molecular complexity index is 590. The standard InChI is InChI=1S/C16H23BrN4/c1-4-14(5-2)21-9-8-13(19-21)11-20(3)16-7-6-12(17)10-15(16)18/h6-10,14H,4-5,11,18H2,1-3H3. The van der Waals surface area contributed by atoms with Crippen LogP contribution in [0.5, 0.6) is 0 Å². The highest BCUT2D eigenvalue weighted by molar-refractivity contribution is 9.10. The summed E-state index contributed by atoms with van der Waals surface area (Å²) in [5.74, 6) is 0. The second-order valence-electron chi connectivity index (χ2n) is 5.32. The van der Waals surface area contributed by atoms with E-state index < -0.39 is 0 Å². The lowest BCUT2D eigenvalue weighted by Gasteiger charge is -2.20. The Balaban J connectivity index is 2.11. The largest absolute Gasteiger partial charge is 0.397 e. The molecule has 0 saturated heterocycles. The van der Waals surface area contributed by atoms with Gasteiger partial charge in [0.05, 0.1) is 29.7 Å². The molecule has 21 heavy (non-hydrogen) atoms. The van der Waals surface area contributed by atoms with E-state index in [1.165, 1.54) is 0 Å². The first-order valence-corrected chi connectivity index (χ1v) is 8.14. The summed E-state index contributed by atoms with van der Waals surface area (Å²) in [6.07, 6.45) is 4.28. The van der Waals surface area contributed by atoms with Gasteiger partial charge in [-0.1, -0.05) is 29.8 Å². The van der Waals surface area contributed by atoms with Crippen molar-refractivity contribution in [1.82, 2.24) is 9.78 Å². The normalized spacial score (nSPS) is 11.1. The van der Waals surface area contributed by atoms with Crippen LogP contribution in [0.3, 0.4) is 0 Å².